The third kappa shape index (κ3) is 2.31. The van der Waals surface area contributed by atoms with E-state index in [0.717, 1.165) is 29.8 Å². The molecule has 0 bridgehead atoms. The van der Waals surface area contributed by atoms with Gasteiger partial charge in [-0.2, -0.15) is 0 Å². The Bertz CT molecular complexity index is 783. The molecule has 3 aromatic rings. The lowest BCUT2D eigenvalue weighted by Gasteiger charge is -2.05. The van der Waals surface area contributed by atoms with Crippen molar-refractivity contribution in [3.05, 3.63) is 46.2 Å². The van der Waals surface area contributed by atoms with Crippen LogP contribution in [0.15, 0.2) is 30.6 Å². The zero-order chi connectivity index (χ0) is 13.4. The van der Waals surface area contributed by atoms with E-state index in [1.807, 2.05) is 42.2 Å². The van der Waals surface area contributed by atoms with Gasteiger partial charge in [-0.05, 0) is 30.4 Å². The van der Waals surface area contributed by atoms with Crippen LogP contribution in [0, 0.1) is 4.77 Å². The van der Waals surface area contributed by atoms with Gasteiger partial charge in [0, 0.05) is 37.4 Å². The molecule has 1 N–H and O–H groups in total. The minimum absolute atomic E-state index is 0.708. The number of benzene rings is 1. The largest absolute Gasteiger partial charge is 0.338 e. The number of aromatic amines is 1. The molecule has 1 aromatic carbocycles. The van der Waals surface area contributed by atoms with Crippen LogP contribution in [0.4, 0.5) is 0 Å². The molecule has 0 unspecified atom stereocenters. The predicted octanol–water partition coefficient (Wildman–Crippen LogP) is 3.33. The summed E-state index contributed by atoms with van der Waals surface area (Å²) in [4.78, 5) is 7.50. The fraction of sp³-hybridized carbons (Fsp3) is 0.231. The normalized spacial score (nSPS) is 11.3. The van der Waals surface area contributed by atoms with E-state index in [-0.39, 0.29) is 0 Å². The van der Waals surface area contributed by atoms with Crippen molar-refractivity contribution in [2.75, 3.05) is 0 Å². The zero-order valence-electron chi connectivity index (χ0n) is 10.4. The van der Waals surface area contributed by atoms with E-state index in [9.17, 15) is 0 Å². The molecular weight excluding hydrogens is 280 g/mol. The second kappa shape index (κ2) is 4.83. The lowest BCUT2D eigenvalue weighted by molar-refractivity contribution is 0.657. The number of halogens is 1. The highest BCUT2D eigenvalue weighted by atomic mass is 35.5. The van der Waals surface area contributed by atoms with Crippen molar-refractivity contribution in [2.45, 2.75) is 13.0 Å². The highest BCUT2D eigenvalue weighted by Crippen LogP contribution is 2.19. The maximum Gasteiger partial charge on any atom is 0.178 e. The van der Waals surface area contributed by atoms with E-state index in [1.54, 1.807) is 0 Å². The molecule has 98 valence electrons. The summed E-state index contributed by atoms with van der Waals surface area (Å²) in [7, 11) is 2.00. The van der Waals surface area contributed by atoms with E-state index in [4.69, 9.17) is 23.8 Å². The molecule has 0 atom stereocenters. The maximum atomic E-state index is 5.98. The molecule has 0 aliphatic rings. The van der Waals surface area contributed by atoms with Gasteiger partial charge in [-0.1, -0.05) is 11.6 Å². The van der Waals surface area contributed by atoms with Crippen molar-refractivity contribution in [3.63, 3.8) is 0 Å². The highest BCUT2D eigenvalue weighted by molar-refractivity contribution is 7.71. The van der Waals surface area contributed by atoms with Crippen molar-refractivity contribution < 1.29 is 0 Å². The van der Waals surface area contributed by atoms with E-state index >= 15 is 0 Å². The lowest BCUT2D eigenvalue weighted by Crippen LogP contribution is -2.05. The first-order valence-electron chi connectivity index (χ1n) is 5.99. The molecule has 0 radical (unpaired) electrons. The van der Waals surface area contributed by atoms with Crippen LogP contribution in [0.25, 0.3) is 11.0 Å². The van der Waals surface area contributed by atoms with Gasteiger partial charge in [0.05, 0.1) is 11.0 Å². The Morgan fingerprint density at radius 2 is 2.26 bits per heavy atom. The van der Waals surface area contributed by atoms with Crippen LogP contribution in [-0.4, -0.2) is 19.1 Å². The number of aryl methyl sites for hydroxylation is 3. The SMILES string of the molecule is Cn1ccnc1CCn1c(=S)[nH]c2cc(Cl)ccc21. The van der Waals surface area contributed by atoms with Gasteiger partial charge in [0.1, 0.15) is 5.82 Å². The average Bonchev–Trinajstić information content (AvgIpc) is 2.90. The van der Waals surface area contributed by atoms with E-state index < -0.39 is 0 Å². The molecule has 0 amide bonds. The molecule has 2 heterocycles. The Morgan fingerprint density at radius 1 is 1.42 bits per heavy atom. The Morgan fingerprint density at radius 3 is 3.00 bits per heavy atom. The molecule has 6 heteroatoms. The van der Waals surface area contributed by atoms with Crippen molar-refractivity contribution in [1.82, 2.24) is 19.1 Å². The highest BCUT2D eigenvalue weighted by Gasteiger charge is 2.06. The number of rotatable bonds is 3. The molecule has 2 aromatic heterocycles. The van der Waals surface area contributed by atoms with Crippen LogP contribution < -0.4 is 0 Å². The lowest BCUT2D eigenvalue weighted by atomic mass is 10.3. The Hall–Kier alpha value is -1.59. The fourth-order valence-electron chi connectivity index (χ4n) is 2.21. The quantitative estimate of drug-likeness (QED) is 0.752. The molecule has 0 aliphatic carbocycles. The van der Waals surface area contributed by atoms with Gasteiger partial charge in [0.25, 0.3) is 0 Å². The van der Waals surface area contributed by atoms with E-state index in [0.29, 0.717) is 9.79 Å². The van der Waals surface area contributed by atoms with Crippen LogP contribution in [-0.2, 0) is 20.0 Å². The zero-order valence-corrected chi connectivity index (χ0v) is 12.0. The van der Waals surface area contributed by atoms with Crippen LogP contribution in [0.5, 0.6) is 0 Å². The van der Waals surface area contributed by atoms with E-state index in [1.165, 1.54) is 0 Å². The number of aromatic nitrogens is 4. The molecule has 3 rings (SSSR count). The minimum atomic E-state index is 0.708. The van der Waals surface area contributed by atoms with Gasteiger partial charge in [-0.3, -0.25) is 0 Å². The van der Waals surface area contributed by atoms with Crippen molar-refractivity contribution in [2.24, 2.45) is 7.05 Å². The topological polar surface area (TPSA) is 38.5 Å². The second-order valence-electron chi connectivity index (χ2n) is 4.45. The summed E-state index contributed by atoms with van der Waals surface area (Å²) in [6.07, 6.45) is 4.60. The molecule has 4 nitrogen and oxygen atoms in total. The molecule has 0 spiro atoms. The monoisotopic (exact) mass is 292 g/mol. The van der Waals surface area contributed by atoms with Gasteiger partial charge in [0.2, 0.25) is 0 Å². The third-order valence-electron chi connectivity index (χ3n) is 3.22. The van der Waals surface area contributed by atoms with Gasteiger partial charge >= 0.3 is 0 Å². The van der Waals surface area contributed by atoms with Crippen molar-refractivity contribution in [1.29, 1.82) is 0 Å². The van der Waals surface area contributed by atoms with Crippen LogP contribution in [0.1, 0.15) is 5.82 Å². The number of nitrogens with one attached hydrogen (secondary N) is 1. The summed E-state index contributed by atoms with van der Waals surface area (Å²) in [6.45, 7) is 0.797. The smallest absolute Gasteiger partial charge is 0.178 e. The van der Waals surface area contributed by atoms with Gasteiger partial charge in [-0.15, -0.1) is 0 Å². The van der Waals surface area contributed by atoms with Crippen LogP contribution in [0.3, 0.4) is 0 Å². The standard InChI is InChI=1S/C13H13ClN4S/c1-17-7-5-15-12(17)4-6-18-11-3-2-9(14)8-10(11)16-13(18)19/h2-3,5,7-8H,4,6H2,1H3,(H,16,19). The average molecular weight is 293 g/mol. The first kappa shape index (κ1) is 12.4. The molecule has 0 fully saturated rings. The molecule has 0 aliphatic heterocycles. The number of nitrogens with zero attached hydrogens (tertiary/aromatic N) is 3. The third-order valence-corrected chi connectivity index (χ3v) is 3.77. The summed E-state index contributed by atoms with van der Waals surface area (Å²) < 4.78 is 4.82. The number of hydrogen-bond acceptors (Lipinski definition) is 2. The summed E-state index contributed by atoms with van der Waals surface area (Å²) in [6, 6.07) is 5.76. The molecular formula is C13H13ClN4S. The van der Waals surface area contributed by atoms with Gasteiger partial charge in [-0.25, -0.2) is 4.98 Å². The summed E-state index contributed by atoms with van der Waals surface area (Å²) >= 11 is 11.3. The number of H-pyrrole nitrogens is 1. The maximum absolute atomic E-state index is 5.98. The number of fused-ring (bicyclic) bond motifs is 1. The predicted molar refractivity (Wildman–Crippen MR) is 79.0 cm³/mol. The van der Waals surface area contributed by atoms with E-state index in [2.05, 4.69) is 14.5 Å². The minimum Gasteiger partial charge on any atom is -0.338 e. The summed E-state index contributed by atoms with van der Waals surface area (Å²) in [5.41, 5.74) is 2.04. The first-order chi connectivity index (χ1) is 9.15. The molecule has 0 saturated heterocycles. The number of hydrogen-bond donors (Lipinski definition) is 1. The Labute approximate surface area is 120 Å². The number of imidazole rings is 2. The summed E-state index contributed by atoms with van der Waals surface area (Å²) in [5, 5.41) is 0.708. The summed E-state index contributed by atoms with van der Waals surface area (Å²) in [5.74, 6) is 1.05. The van der Waals surface area contributed by atoms with Gasteiger partial charge < -0.3 is 14.1 Å². The van der Waals surface area contributed by atoms with Crippen molar-refractivity contribution in [3.8, 4) is 0 Å². The molecule has 19 heavy (non-hydrogen) atoms. The second-order valence-corrected chi connectivity index (χ2v) is 5.27. The Kier molecular flexibility index (Phi) is 3.16. The van der Waals surface area contributed by atoms with Crippen LogP contribution >= 0.6 is 23.8 Å². The first-order valence-corrected chi connectivity index (χ1v) is 6.78. The van der Waals surface area contributed by atoms with Crippen molar-refractivity contribution >= 4 is 34.9 Å². The molecule has 0 saturated carbocycles. The van der Waals surface area contributed by atoms with Crippen LogP contribution in [0.2, 0.25) is 5.02 Å². The van der Waals surface area contributed by atoms with Gasteiger partial charge in [0.15, 0.2) is 4.77 Å². The fourth-order valence-corrected chi connectivity index (χ4v) is 2.68. The Balaban J connectivity index is 1.95.